The molecule has 0 radical (unpaired) electrons. The van der Waals surface area contributed by atoms with Crippen LogP contribution in [-0.4, -0.2) is 10.2 Å². The molecule has 0 bridgehead atoms. The number of benzene rings is 1. The number of aryl methyl sites for hydroxylation is 1. The predicted molar refractivity (Wildman–Crippen MR) is 56.8 cm³/mol. The number of H-pyrrole nitrogens is 1. The van der Waals surface area contributed by atoms with Crippen LogP contribution in [0.5, 0.6) is 0 Å². The van der Waals surface area contributed by atoms with E-state index in [1.54, 1.807) is 13.0 Å². The fourth-order valence-electron chi connectivity index (χ4n) is 1.80. The largest absolute Gasteiger partial charge is 0.422 e. The topological polar surface area (TPSA) is 58.9 Å². The van der Waals surface area contributed by atoms with Crippen LogP contribution in [0.3, 0.4) is 0 Å². The molecule has 0 saturated heterocycles. The second-order valence-electron chi connectivity index (χ2n) is 3.60. The monoisotopic (exact) mass is 218 g/mol. The molecule has 4 nitrogen and oxygen atoms in total. The number of hydrogen-bond donors (Lipinski definition) is 1. The SMILES string of the molecule is Cc1[nH]nc2c1c(=O)oc1cc(F)ccc12. The van der Waals surface area contributed by atoms with Gasteiger partial charge in [0.15, 0.2) is 0 Å². The van der Waals surface area contributed by atoms with Crippen LogP contribution in [0.2, 0.25) is 0 Å². The van der Waals surface area contributed by atoms with Crippen molar-refractivity contribution in [3.63, 3.8) is 0 Å². The zero-order valence-electron chi connectivity index (χ0n) is 8.37. The second-order valence-corrected chi connectivity index (χ2v) is 3.60. The molecular weight excluding hydrogens is 211 g/mol. The molecule has 2 aromatic heterocycles. The summed E-state index contributed by atoms with van der Waals surface area (Å²) in [6.45, 7) is 1.74. The molecule has 0 aliphatic rings. The lowest BCUT2D eigenvalue weighted by Gasteiger charge is -1.97. The third kappa shape index (κ3) is 1.08. The predicted octanol–water partition coefficient (Wildman–Crippen LogP) is 2.12. The van der Waals surface area contributed by atoms with Crippen molar-refractivity contribution in [3.8, 4) is 0 Å². The first-order valence-electron chi connectivity index (χ1n) is 4.74. The normalized spacial score (nSPS) is 11.4. The van der Waals surface area contributed by atoms with Crippen molar-refractivity contribution in [2.75, 3.05) is 0 Å². The molecule has 0 atom stereocenters. The number of nitrogens with zero attached hydrogens (tertiary/aromatic N) is 1. The number of hydrogen-bond acceptors (Lipinski definition) is 3. The fraction of sp³-hybridized carbons (Fsp3) is 0.0909. The van der Waals surface area contributed by atoms with E-state index >= 15 is 0 Å². The average molecular weight is 218 g/mol. The van der Waals surface area contributed by atoms with E-state index in [1.165, 1.54) is 12.1 Å². The van der Waals surface area contributed by atoms with E-state index in [2.05, 4.69) is 10.2 Å². The Bertz CT molecular complexity index is 758. The minimum Gasteiger partial charge on any atom is -0.422 e. The van der Waals surface area contributed by atoms with Crippen molar-refractivity contribution in [1.29, 1.82) is 0 Å². The first kappa shape index (κ1) is 9.08. The molecule has 16 heavy (non-hydrogen) atoms. The zero-order chi connectivity index (χ0) is 11.3. The molecule has 3 aromatic rings. The van der Waals surface area contributed by atoms with Gasteiger partial charge in [0.05, 0.1) is 0 Å². The number of aromatic amines is 1. The van der Waals surface area contributed by atoms with Gasteiger partial charge < -0.3 is 4.42 Å². The number of rotatable bonds is 0. The molecular formula is C11H7FN2O2. The van der Waals surface area contributed by atoms with E-state index in [9.17, 15) is 9.18 Å². The van der Waals surface area contributed by atoms with Gasteiger partial charge in [-0.3, -0.25) is 5.10 Å². The Hall–Kier alpha value is -2.17. The van der Waals surface area contributed by atoms with E-state index in [0.717, 1.165) is 0 Å². The van der Waals surface area contributed by atoms with E-state index in [-0.39, 0.29) is 5.58 Å². The summed E-state index contributed by atoms with van der Waals surface area (Å²) in [4.78, 5) is 11.6. The van der Waals surface area contributed by atoms with Crippen LogP contribution in [0, 0.1) is 12.7 Å². The number of nitrogens with one attached hydrogen (secondary N) is 1. The van der Waals surface area contributed by atoms with Crippen LogP contribution in [0.25, 0.3) is 21.9 Å². The van der Waals surface area contributed by atoms with Gasteiger partial charge in [-0.2, -0.15) is 5.10 Å². The molecule has 80 valence electrons. The van der Waals surface area contributed by atoms with Crippen LogP contribution < -0.4 is 5.63 Å². The summed E-state index contributed by atoms with van der Waals surface area (Å²) in [5.41, 5.74) is 0.877. The van der Waals surface area contributed by atoms with E-state index < -0.39 is 11.4 Å². The molecule has 1 N–H and O–H groups in total. The minimum atomic E-state index is -0.501. The maximum Gasteiger partial charge on any atom is 0.347 e. The standard InChI is InChI=1S/C11H7FN2O2/c1-5-9-10(14-13-5)7-3-2-6(12)4-8(7)16-11(9)15/h2-4H,1H3,(H,13,14). The van der Waals surface area contributed by atoms with Crippen LogP contribution in [-0.2, 0) is 0 Å². The lowest BCUT2D eigenvalue weighted by molar-refractivity contribution is 0.561. The smallest absolute Gasteiger partial charge is 0.347 e. The summed E-state index contributed by atoms with van der Waals surface area (Å²) < 4.78 is 18.0. The van der Waals surface area contributed by atoms with Gasteiger partial charge in [-0.05, 0) is 19.1 Å². The molecule has 2 heterocycles. The summed E-state index contributed by atoms with van der Waals surface area (Å²) in [7, 11) is 0. The van der Waals surface area contributed by atoms with Gasteiger partial charge in [0.25, 0.3) is 0 Å². The first-order chi connectivity index (χ1) is 7.66. The van der Waals surface area contributed by atoms with E-state index in [0.29, 0.717) is 22.0 Å². The molecule has 0 fully saturated rings. The average Bonchev–Trinajstić information content (AvgIpc) is 2.61. The molecule has 0 unspecified atom stereocenters. The summed E-state index contributed by atoms with van der Waals surface area (Å²) in [6.07, 6.45) is 0. The van der Waals surface area contributed by atoms with Crippen molar-refractivity contribution in [3.05, 3.63) is 40.1 Å². The highest BCUT2D eigenvalue weighted by atomic mass is 19.1. The summed E-state index contributed by atoms with van der Waals surface area (Å²) >= 11 is 0. The number of aromatic nitrogens is 2. The lowest BCUT2D eigenvalue weighted by atomic mass is 10.1. The minimum absolute atomic E-state index is 0.212. The lowest BCUT2D eigenvalue weighted by Crippen LogP contribution is -1.99. The Balaban J connectivity index is 2.65. The number of fused-ring (bicyclic) bond motifs is 3. The van der Waals surface area contributed by atoms with Gasteiger partial charge in [0.2, 0.25) is 0 Å². The molecule has 0 saturated carbocycles. The molecule has 3 rings (SSSR count). The van der Waals surface area contributed by atoms with Gasteiger partial charge in [-0.1, -0.05) is 0 Å². The van der Waals surface area contributed by atoms with Gasteiger partial charge in [-0.15, -0.1) is 0 Å². The van der Waals surface area contributed by atoms with Crippen molar-refractivity contribution < 1.29 is 8.81 Å². The van der Waals surface area contributed by atoms with Crippen molar-refractivity contribution in [2.24, 2.45) is 0 Å². The Morgan fingerprint density at radius 1 is 1.44 bits per heavy atom. The third-order valence-corrected chi connectivity index (χ3v) is 2.55. The summed E-state index contributed by atoms with van der Waals surface area (Å²) in [5, 5.41) is 7.79. The Kier molecular flexibility index (Phi) is 1.65. The van der Waals surface area contributed by atoms with Gasteiger partial charge in [0.1, 0.15) is 22.3 Å². The van der Waals surface area contributed by atoms with E-state index in [4.69, 9.17) is 4.42 Å². The Labute approximate surface area is 88.7 Å². The van der Waals surface area contributed by atoms with Crippen LogP contribution in [0.15, 0.2) is 27.4 Å². The van der Waals surface area contributed by atoms with Crippen LogP contribution in [0.4, 0.5) is 4.39 Å². The quantitative estimate of drug-likeness (QED) is 0.588. The maximum absolute atomic E-state index is 13.0. The summed E-state index contributed by atoms with van der Waals surface area (Å²) in [5.74, 6) is -0.442. The van der Waals surface area contributed by atoms with E-state index in [1.807, 2.05) is 0 Å². The number of halogens is 1. The van der Waals surface area contributed by atoms with Gasteiger partial charge in [-0.25, -0.2) is 9.18 Å². The highest BCUT2D eigenvalue weighted by Gasteiger charge is 2.12. The van der Waals surface area contributed by atoms with Crippen molar-refractivity contribution in [2.45, 2.75) is 6.92 Å². The molecule has 1 aromatic carbocycles. The summed E-state index contributed by atoms with van der Waals surface area (Å²) in [6, 6.07) is 4.04. The van der Waals surface area contributed by atoms with Gasteiger partial charge >= 0.3 is 5.63 Å². The van der Waals surface area contributed by atoms with Crippen LogP contribution >= 0.6 is 0 Å². The van der Waals surface area contributed by atoms with Crippen molar-refractivity contribution in [1.82, 2.24) is 10.2 Å². The maximum atomic E-state index is 13.0. The fourth-order valence-corrected chi connectivity index (χ4v) is 1.80. The highest BCUT2D eigenvalue weighted by Crippen LogP contribution is 2.22. The molecule has 0 aliphatic heterocycles. The Morgan fingerprint density at radius 2 is 2.25 bits per heavy atom. The molecule has 0 spiro atoms. The third-order valence-electron chi connectivity index (χ3n) is 2.55. The Morgan fingerprint density at radius 3 is 3.06 bits per heavy atom. The molecule has 5 heteroatoms. The van der Waals surface area contributed by atoms with Gasteiger partial charge in [0, 0.05) is 17.1 Å². The molecule has 0 amide bonds. The first-order valence-corrected chi connectivity index (χ1v) is 4.74. The van der Waals surface area contributed by atoms with Crippen LogP contribution in [0.1, 0.15) is 5.69 Å². The highest BCUT2D eigenvalue weighted by molar-refractivity contribution is 6.02. The van der Waals surface area contributed by atoms with Crippen molar-refractivity contribution >= 4 is 21.9 Å². The zero-order valence-corrected chi connectivity index (χ0v) is 8.37. The second kappa shape index (κ2) is 2.91. The molecule has 0 aliphatic carbocycles.